The van der Waals surface area contributed by atoms with Gasteiger partial charge in [0.2, 0.25) is 0 Å². The zero-order chi connectivity index (χ0) is 19.4. The molecule has 1 aliphatic rings. The molecule has 1 aromatic heterocycles. The third kappa shape index (κ3) is 5.04. The molecule has 1 aromatic carbocycles. The Kier molecular flexibility index (Phi) is 5.76. The van der Waals surface area contributed by atoms with Crippen molar-refractivity contribution in [2.75, 3.05) is 23.7 Å². The fourth-order valence-electron chi connectivity index (χ4n) is 3.40. The van der Waals surface area contributed by atoms with Crippen LogP contribution in [0.1, 0.15) is 43.0 Å². The van der Waals surface area contributed by atoms with Gasteiger partial charge in [0.25, 0.3) is 0 Å². The number of nitriles is 1. The molecule has 0 amide bonds. The topological polar surface area (TPSA) is 87.0 Å². The Hall–Kier alpha value is -2.46. The van der Waals surface area contributed by atoms with Crippen LogP contribution in [0.15, 0.2) is 36.4 Å². The second-order valence-electron chi connectivity index (χ2n) is 7.44. The summed E-state index contributed by atoms with van der Waals surface area (Å²) in [6.07, 6.45) is 0.813. The smallest absolute Gasteiger partial charge is 0.163 e. The molecule has 2 heterocycles. The summed E-state index contributed by atoms with van der Waals surface area (Å²) in [6.45, 7) is 5.64. The number of sulfone groups is 1. The number of nitrogens with zero attached hydrogens (tertiary/aromatic N) is 4. The molecular formula is C20H24N4O2S. The first kappa shape index (κ1) is 19.3. The van der Waals surface area contributed by atoms with Gasteiger partial charge in [-0.3, -0.25) is 0 Å². The molecule has 1 saturated heterocycles. The predicted molar refractivity (Wildman–Crippen MR) is 105 cm³/mol. The Bertz CT molecular complexity index is 916. The van der Waals surface area contributed by atoms with Crippen LogP contribution in [0.2, 0.25) is 0 Å². The monoisotopic (exact) mass is 384 g/mol. The molecule has 0 radical (unpaired) electrons. The average Bonchev–Trinajstić information content (AvgIpc) is 3.09. The fraction of sp³-hybridized carbons (Fsp3) is 0.450. The second kappa shape index (κ2) is 8.05. The molecular weight excluding hydrogens is 360 g/mol. The van der Waals surface area contributed by atoms with E-state index in [1.54, 1.807) is 12.1 Å². The summed E-state index contributed by atoms with van der Waals surface area (Å²) in [5.74, 6) is 1.48. The van der Waals surface area contributed by atoms with E-state index in [0.29, 0.717) is 18.3 Å². The molecule has 0 unspecified atom stereocenters. The normalized spacial score (nSPS) is 17.3. The van der Waals surface area contributed by atoms with E-state index < -0.39 is 9.84 Å². The van der Waals surface area contributed by atoms with E-state index >= 15 is 0 Å². The third-order valence-corrected chi connectivity index (χ3v) is 6.65. The van der Waals surface area contributed by atoms with Crippen LogP contribution in [-0.4, -0.2) is 37.5 Å². The van der Waals surface area contributed by atoms with Crippen molar-refractivity contribution < 1.29 is 8.42 Å². The van der Waals surface area contributed by atoms with Crippen LogP contribution in [0, 0.1) is 17.2 Å². The van der Waals surface area contributed by atoms with Crippen molar-refractivity contribution in [3.05, 3.63) is 53.2 Å². The van der Waals surface area contributed by atoms with Crippen molar-refractivity contribution >= 4 is 15.7 Å². The van der Waals surface area contributed by atoms with Gasteiger partial charge in [0, 0.05) is 13.1 Å². The molecule has 7 heteroatoms. The molecule has 142 valence electrons. The molecule has 1 atom stereocenters. The largest absolute Gasteiger partial charge is 0.355 e. The standard InChI is InChI=1S/C20H24N4O2S/c1-15(2)18-5-3-16(4-6-18)13-27(25,26)14-17-9-10-24(12-17)20-8-7-19(11-21)22-23-20/h3-8,15,17H,9-10,12-14H2,1-2H3/t17-/m0/s1. The molecule has 0 aliphatic carbocycles. The minimum absolute atomic E-state index is 0.0819. The average molecular weight is 385 g/mol. The van der Waals surface area contributed by atoms with E-state index in [1.165, 1.54) is 5.56 Å². The van der Waals surface area contributed by atoms with Crippen LogP contribution in [0.3, 0.4) is 0 Å². The van der Waals surface area contributed by atoms with E-state index in [-0.39, 0.29) is 23.1 Å². The lowest BCUT2D eigenvalue weighted by atomic mass is 10.0. The maximum absolute atomic E-state index is 12.6. The van der Waals surface area contributed by atoms with Crippen molar-refractivity contribution in [3.63, 3.8) is 0 Å². The first-order valence-electron chi connectivity index (χ1n) is 9.14. The Morgan fingerprint density at radius 2 is 1.93 bits per heavy atom. The van der Waals surface area contributed by atoms with Gasteiger partial charge in [-0.05, 0) is 41.5 Å². The molecule has 2 aromatic rings. The lowest BCUT2D eigenvalue weighted by Gasteiger charge is -2.16. The predicted octanol–water partition coefficient (Wildman–Crippen LogP) is 2.91. The van der Waals surface area contributed by atoms with E-state index in [1.807, 2.05) is 35.2 Å². The summed E-state index contributed by atoms with van der Waals surface area (Å²) < 4.78 is 25.2. The van der Waals surface area contributed by atoms with Crippen molar-refractivity contribution in [2.24, 2.45) is 5.92 Å². The Morgan fingerprint density at radius 3 is 2.52 bits per heavy atom. The Labute approximate surface area is 160 Å². The van der Waals surface area contributed by atoms with E-state index in [2.05, 4.69) is 24.0 Å². The first-order chi connectivity index (χ1) is 12.9. The SMILES string of the molecule is CC(C)c1ccc(CS(=O)(=O)C[C@H]2CCN(c3ccc(C#N)nn3)C2)cc1. The zero-order valence-corrected chi connectivity index (χ0v) is 16.5. The minimum atomic E-state index is -3.17. The zero-order valence-electron chi connectivity index (χ0n) is 15.7. The van der Waals surface area contributed by atoms with Gasteiger partial charge in [-0.15, -0.1) is 10.2 Å². The number of aromatic nitrogens is 2. The maximum Gasteiger partial charge on any atom is 0.163 e. The van der Waals surface area contributed by atoms with Crippen LogP contribution in [-0.2, 0) is 15.6 Å². The van der Waals surface area contributed by atoms with Gasteiger partial charge < -0.3 is 4.90 Å². The molecule has 0 saturated carbocycles. The van der Waals surface area contributed by atoms with Gasteiger partial charge in [0.05, 0.1) is 11.5 Å². The number of anilines is 1. The highest BCUT2D eigenvalue weighted by Gasteiger charge is 2.28. The van der Waals surface area contributed by atoms with Gasteiger partial charge >= 0.3 is 0 Å². The van der Waals surface area contributed by atoms with Crippen LogP contribution in [0.4, 0.5) is 5.82 Å². The quantitative estimate of drug-likeness (QED) is 0.761. The molecule has 0 N–H and O–H groups in total. The summed E-state index contributed by atoms with van der Waals surface area (Å²) in [4.78, 5) is 2.03. The molecule has 1 aliphatic heterocycles. The van der Waals surface area contributed by atoms with Gasteiger partial charge in [-0.1, -0.05) is 38.1 Å². The molecule has 27 heavy (non-hydrogen) atoms. The second-order valence-corrected chi connectivity index (χ2v) is 9.55. The van der Waals surface area contributed by atoms with Crippen LogP contribution in [0.5, 0.6) is 0 Å². The van der Waals surface area contributed by atoms with E-state index in [9.17, 15) is 8.42 Å². The van der Waals surface area contributed by atoms with Crippen molar-refractivity contribution in [1.82, 2.24) is 10.2 Å². The third-order valence-electron chi connectivity index (χ3n) is 4.90. The minimum Gasteiger partial charge on any atom is -0.355 e. The van der Waals surface area contributed by atoms with E-state index in [0.717, 1.165) is 18.5 Å². The molecule has 1 fully saturated rings. The summed E-state index contributed by atoms with van der Waals surface area (Å²) in [6, 6.07) is 13.2. The molecule has 0 spiro atoms. The van der Waals surface area contributed by atoms with Gasteiger partial charge in [-0.2, -0.15) is 5.26 Å². The highest BCUT2D eigenvalue weighted by atomic mass is 32.2. The molecule has 6 nitrogen and oxygen atoms in total. The van der Waals surface area contributed by atoms with E-state index in [4.69, 9.17) is 5.26 Å². The van der Waals surface area contributed by atoms with Crippen molar-refractivity contribution in [1.29, 1.82) is 5.26 Å². The Morgan fingerprint density at radius 1 is 1.19 bits per heavy atom. The number of hydrogen-bond donors (Lipinski definition) is 0. The maximum atomic E-state index is 12.6. The highest BCUT2D eigenvalue weighted by molar-refractivity contribution is 7.90. The fourth-order valence-corrected chi connectivity index (χ4v) is 5.21. The number of hydrogen-bond acceptors (Lipinski definition) is 6. The first-order valence-corrected chi connectivity index (χ1v) is 11.0. The van der Waals surface area contributed by atoms with Crippen molar-refractivity contribution in [2.45, 2.75) is 31.9 Å². The van der Waals surface area contributed by atoms with Crippen LogP contribution < -0.4 is 4.90 Å². The summed E-state index contributed by atoms with van der Waals surface area (Å²) >= 11 is 0. The Balaban J connectivity index is 1.58. The summed E-state index contributed by atoms with van der Waals surface area (Å²) in [5, 5.41) is 16.7. The van der Waals surface area contributed by atoms with Crippen LogP contribution in [0.25, 0.3) is 0 Å². The highest BCUT2D eigenvalue weighted by Crippen LogP contribution is 2.24. The number of benzene rings is 1. The lowest BCUT2D eigenvalue weighted by Crippen LogP contribution is -2.24. The summed E-state index contributed by atoms with van der Waals surface area (Å²) in [7, 11) is -3.17. The van der Waals surface area contributed by atoms with Gasteiger partial charge in [-0.25, -0.2) is 8.42 Å². The number of rotatable bonds is 6. The summed E-state index contributed by atoms with van der Waals surface area (Å²) in [5.41, 5.74) is 2.33. The lowest BCUT2D eigenvalue weighted by molar-refractivity contribution is 0.571. The van der Waals surface area contributed by atoms with Gasteiger partial charge in [0.1, 0.15) is 6.07 Å². The van der Waals surface area contributed by atoms with Gasteiger partial charge in [0.15, 0.2) is 21.3 Å². The molecule has 3 rings (SSSR count). The van der Waals surface area contributed by atoms with Crippen molar-refractivity contribution in [3.8, 4) is 6.07 Å². The molecule has 0 bridgehead atoms. The van der Waals surface area contributed by atoms with Crippen LogP contribution >= 0.6 is 0 Å².